The molecule has 2 amide bonds. The predicted molar refractivity (Wildman–Crippen MR) is 71.4 cm³/mol. The number of nitrogens with zero attached hydrogens (tertiary/aromatic N) is 1. The lowest BCUT2D eigenvalue weighted by Crippen LogP contribution is -2.46. The highest BCUT2D eigenvalue weighted by molar-refractivity contribution is 5.84. The van der Waals surface area contributed by atoms with Crippen LogP contribution in [0.2, 0.25) is 0 Å². The van der Waals surface area contributed by atoms with Crippen molar-refractivity contribution in [3.8, 4) is 0 Å². The predicted octanol–water partition coefficient (Wildman–Crippen LogP) is 0.993. The van der Waals surface area contributed by atoms with Gasteiger partial charge in [0, 0.05) is 6.54 Å². The van der Waals surface area contributed by atoms with E-state index in [4.69, 9.17) is 10.2 Å². The Bertz CT molecular complexity index is 348. The molecule has 1 fully saturated rings. The van der Waals surface area contributed by atoms with E-state index >= 15 is 0 Å². The fourth-order valence-corrected chi connectivity index (χ4v) is 2.40. The molecule has 0 aliphatic heterocycles. The number of amides is 2. The molecule has 1 aliphatic rings. The van der Waals surface area contributed by atoms with Gasteiger partial charge >= 0.3 is 18.0 Å². The Labute approximate surface area is 117 Å². The van der Waals surface area contributed by atoms with E-state index in [1.54, 1.807) is 0 Å². The van der Waals surface area contributed by atoms with Crippen LogP contribution in [0, 0.1) is 11.8 Å². The van der Waals surface area contributed by atoms with Crippen LogP contribution in [0.3, 0.4) is 0 Å². The normalized spacial score (nSPS) is 22.1. The molecule has 0 aromatic rings. The van der Waals surface area contributed by atoms with Crippen LogP contribution in [0.15, 0.2) is 0 Å². The smallest absolute Gasteiger partial charge is 0.323 e. The molecule has 7 heteroatoms. The largest absolute Gasteiger partial charge is 0.480 e. The Morgan fingerprint density at radius 1 is 1.05 bits per heavy atom. The molecule has 0 heterocycles. The quantitative estimate of drug-likeness (QED) is 0.675. The van der Waals surface area contributed by atoms with Gasteiger partial charge in [-0.15, -0.1) is 0 Å². The van der Waals surface area contributed by atoms with Crippen LogP contribution < -0.4 is 5.32 Å². The van der Waals surface area contributed by atoms with Crippen molar-refractivity contribution in [1.29, 1.82) is 0 Å². The van der Waals surface area contributed by atoms with Gasteiger partial charge in [-0.25, -0.2) is 4.79 Å². The van der Waals surface area contributed by atoms with Gasteiger partial charge in [-0.2, -0.15) is 0 Å². The summed E-state index contributed by atoms with van der Waals surface area (Å²) < 4.78 is 0. The first-order chi connectivity index (χ1) is 9.38. The molecule has 7 nitrogen and oxygen atoms in total. The van der Waals surface area contributed by atoms with Crippen LogP contribution >= 0.6 is 0 Å². The van der Waals surface area contributed by atoms with Crippen molar-refractivity contribution in [2.24, 2.45) is 11.8 Å². The molecule has 0 atom stereocenters. The number of carboxylic acid groups (broad SMARTS) is 2. The number of hydrogen-bond acceptors (Lipinski definition) is 3. The van der Waals surface area contributed by atoms with Gasteiger partial charge in [0.25, 0.3) is 0 Å². The van der Waals surface area contributed by atoms with Crippen LogP contribution in [-0.2, 0) is 9.59 Å². The summed E-state index contributed by atoms with van der Waals surface area (Å²) in [6.07, 6.45) is 4.35. The molecule has 0 bridgehead atoms. The van der Waals surface area contributed by atoms with E-state index in [9.17, 15) is 14.4 Å². The van der Waals surface area contributed by atoms with Crippen molar-refractivity contribution in [2.75, 3.05) is 19.6 Å². The molecular weight excluding hydrogens is 264 g/mol. The minimum Gasteiger partial charge on any atom is -0.480 e. The second-order valence-corrected chi connectivity index (χ2v) is 5.46. The number of rotatable bonds is 6. The van der Waals surface area contributed by atoms with E-state index in [0.29, 0.717) is 12.5 Å². The number of carbonyl (C=O) groups excluding carboxylic acids is 1. The maximum atomic E-state index is 11.8. The average Bonchev–Trinajstić information content (AvgIpc) is 2.36. The molecule has 0 unspecified atom stereocenters. The molecule has 1 aliphatic carbocycles. The van der Waals surface area contributed by atoms with Crippen LogP contribution in [-0.4, -0.2) is 52.7 Å². The zero-order chi connectivity index (χ0) is 15.1. The van der Waals surface area contributed by atoms with Gasteiger partial charge < -0.3 is 20.4 Å². The summed E-state index contributed by atoms with van der Waals surface area (Å²) in [7, 11) is 0. The molecule has 0 saturated heterocycles. The summed E-state index contributed by atoms with van der Waals surface area (Å²) in [5.74, 6) is -1.34. The standard InChI is InChI=1S/C13H22N2O5/c1-9-2-4-10(5-3-9)6-14-13(20)15(7-11(16)17)8-12(18)19/h9-10H,2-8H2,1H3,(H,14,20)(H,16,17)(H,18,19). The highest BCUT2D eigenvalue weighted by Gasteiger charge is 2.22. The SMILES string of the molecule is CC1CCC(CNC(=O)N(CC(=O)O)CC(=O)O)CC1. The first kappa shape index (κ1) is 16.3. The van der Waals surface area contributed by atoms with E-state index < -0.39 is 31.1 Å². The molecule has 3 N–H and O–H groups in total. The highest BCUT2D eigenvalue weighted by atomic mass is 16.4. The average molecular weight is 286 g/mol. The van der Waals surface area contributed by atoms with Gasteiger partial charge in [0.15, 0.2) is 0 Å². The summed E-state index contributed by atoms with van der Waals surface area (Å²) in [5.41, 5.74) is 0. The fourth-order valence-electron chi connectivity index (χ4n) is 2.40. The second-order valence-electron chi connectivity index (χ2n) is 5.46. The molecule has 114 valence electrons. The Morgan fingerprint density at radius 3 is 2.00 bits per heavy atom. The summed E-state index contributed by atoms with van der Waals surface area (Å²) in [4.78, 5) is 33.8. The third-order valence-electron chi connectivity index (χ3n) is 3.62. The molecular formula is C13H22N2O5. The highest BCUT2D eigenvalue weighted by Crippen LogP contribution is 2.27. The second kappa shape index (κ2) is 7.72. The minimum absolute atomic E-state index is 0.395. The van der Waals surface area contributed by atoms with Crippen molar-refractivity contribution in [3.63, 3.8) is 0 Å². The zero-order valence-electron chi connectivity index (χ0n) is 11.7. The van der Waals surface area contributed by atoms with E-state index in [0.717, 1.165) is 36.5 Å². The molecule has 0 spiro atoms. The maximum absolute atomic E-state index is 11.8. The molecule has 0 radical (unpaired) electrons. The topological polar surface area (TPSA) is 107 Å². The number of carbonyl (C=O) groups is 3. The third-order valence-corrected chi connectivity index (χ3v) is 3.62. The third kappa shape index (κ3) is 5.90. The van der Waals surface area contributed by atoms with E-state index in [2.05, 4.69) is 12.2 Å². The summed E-state index contributed by atoms with van der Waals surface area (Å²) in [6, 6.07) is -0.631. The van der Waals surface area contributed by atoms with E-state index in [1.165, 1.54) is 0 Å². The summed E-state index contributed by atoms with van der Waals surface area (Å²) in [6.45, 7) is 1.46. The molecule has 0 aromatic carbocycles. The maximum Gasteiger partial charge on any atom is 0.323 e. The lowest BCUT2D eigenvalue weighted by atomic mass is 9.83. The van der Waals surface area contributed by atoms with Crippen LogP contribution in [0.25, 0.3) is 0 Å². The van der Waals surface area contributed by atoms with Crippen LogP contribution in [0.4, 0.5) is 4.79 Å². The zero-order valence-corrected chi connectivity index (χ0v) is 11.7. The lowest BCUT2D eigenvalue weighted by Gasteiger charge is -2.27. The van der Waals surface area contributed by atoms with Crippen molar-refractivity contribution in [3.05, 3.63) is 0 Å². The lowest BCUT2D eigenvalue weighted by molar-refractivity contribution is -0.140. The monoisotopic (exact) mass is 286 g/mol. The fraction of sp³-hybridized carbons (Fsp3) is 0.769. The van der Waals surface area contributed by atoms with Crippen LogP contribution in [0.5, 0.6) is 0 Å². The molecule has 1 rings (SSSR count). The van der Waals surface area contributed by atoms with Gasteiger partial charge in [0.1, 0.15) is 13.1 Å². The van der Waals surface area contributed by atoms with Crippen molar-refractivity contribution in [1.82, 2.24) is 10.2 Å². The van der Waals surface area contributed by atoms with Gasteiger partial charge in [-0.05, 0) is 24.7 Å². The summed E-state index contributed by atoms with van der Waals surface area (Å²) >= 11 is 0. The Kier molecular flexibility index (Phi) is 6.27. The Balaban J connectivity index is 2.40. The van der Waals surface area contributed by atoms with E-state index in [1.807, 2.05) is 0 Å². The Morgan fingerprint density at radius 2 is 1.55 bits per heavy atom. The number of urea groups is 1. The first-order valence-corrected chi connectivity index (χ1v) is 6.84. The van der Waals surface area contributed by atoms with Gasteiger partial charge in [0.05, 0.1) is 0 Å². The molecule has 1 saturated carbocycles. The number of nitrogens with one attached hydrogen (secondary N) is 1. The van der Waals surface area contributed by atoms with Crippen molar-refractivity contribution >= 4 is 18.0 Å². The molecule has 0 aromatic heterocycles. The number of hydrogen-bond donors (Lipinski definition) is 3. The van der Waals surface area contributed by atoms with Crippen molar-refractivity contribution in [2.45, 2.75) is 32.6 Å². The van der Waals surface area contributed by atoms with Crippen LogP contribution in [0.1, 0.15) is 32.6 Å². The van der Waals surface area contributed by atoms with Gasteiger partial charge in [-0.1, -0.05) is 19.8 Å². The Hall–Kier alpha value is -1.79. The first-order valence-electron chi connectivity index (χ1n) is 6.84. The molecule has 20 heavy (non-hydrogen) atoms. The van der Waals surface area contributed by atoms with Gasteiger partial charge in [-0.3, -0.25) is 9.59 Å². The number of carboxylic acids is 2. The van der Waals surface area contributed by atoms with Gasteiger partial charge in [0.2, 0.25) is 0 Å². The summed E-state index contributed by atoms with van der Waals surface area (Å²) in [5, 5.41) is 20.0. The van der Waals surface area contributed by atoms with Crippen molar-refractivity contribution < 1.29 is 24.6 Å². The minimum atomic E-state index is -1.23. The van der Waals surface area contributed by atoms with E-state index in [-0.39, 0.29) is 0 Å². The number of aliphatic carboxylic acids is 2.